The van der Waals surface area contributed by atoms with Crippen molar-refractivity contribution in [3.8, 4) is 0 Å². The molecule has 1 N–H and O–H groups in total. The average Bonchev–Trinajstić information content (AvgIpc) is 3.07. The molecular formula is C18H28N2O2S. The van der Waals surface area contributed by atoms with Gasteiger partial charge in [0.15, 0.2) is 5.78 Å². The molecule has 1 atom stereocenters. The third-order valence-corrected chi connectivity index (χ3v) is 5.55. The van der Waals surface area contributed by atoms with Crippen LogP contribution in [0.1, 0.15) is 55.6 Å². The van der Waals surface area contributed by atoms with E-state index in [0.717, 1.165) is 23.9 Å². The van der Waals surface area contributed by atoms with Gasteiger partial charge in [0.25, 0.3) is 0 Å². The molecule has 23 heavy (non-hydrogen) atoms. The first-order valence-corrected chi connectivity index (χ1v) is 9.51. The molecule has 0 spiro atoms. The lowest BCUT2D eigenvalue weighted by Crippen LogP contribution is -2.45. The van der Waals surface area contributed by atoms with Gasteiger partial charge in [0.05, 0.1) is 4.88 Å². The summed E-state index contributed by atoms with van der Waals surface area (Å²) in [7, 11) is 0. The number of carbonyl (C=O) groups is 2. The molecular weight excluding hydrogens is 308 g/mol. The second-order valence-corrected chi connectivity index (χ2v) is 7.57. The highest BCUT2D eigenvalue weighted by Crippen LogP contribution is 2.17. The van der Waals surface area contributed by atoms with Crippen LogP contribution in [0.2, 0.25) is 0 Å². The molecule has 1 unspecified atom stereocenters. The van der Waals surface area contributed by atoms with Crippen molar-refractivity contribution in [2.24, 2.45) is 5.92 Å². The zero-order valence-electron chi connectivity index (χ0n) is 14.2. The molecule has 0 radical (unpaired) electrons. The first kappa shape index (κ1) is 18.1. The number of amides is 1. The molecule has 1 aromatic rings. The number of Topliss-reactive ketones (excluding diaryl/α,β-unsaturated/α-hetero) is 1. The van der Waals surface area contributed by atoms with Crippen LogP contribution in [0, 0.1) is 5.92 Å². The zero-order valence-corrected chi connectivity index (χ0v) is 15.0. The average molecular weight is 337 g/mol. The number of thiophene rings is 1. The van der Waals surface area contributed by atoms with Crippen LogP contribution in [0.4, 0.5) is 0 Å². The summed E-state index contributed by atoms with van der Waals surface area (Å²) in [5.41, 5.74) is 0. The highest BCUT2D eigenvalue weighted by atomic mass is 32.1. The van der Waals surface area contributed by atoms with E-state index in [0.29, 0.717) is 31.8 Å². The predicted octanol–water partition coefficient (Wildman–Crippen LogP) is 3.34. The normalized spacial score (nSPS) is 17.8. The summed E-state index contributed by atoms with van der Waals surface area (Å²) in [5, 5.41) is 4.92. The van der Waals surface area contributed by atoms with E-state index in [9.17, 15) is 9.59 Å². The second-order valence-electron chi connectivity index (χ2n) is 6.63. The van der Waals surface area contributed by atoms with Crippen molar-refractivity contribution in [3.05, 3.63) is 22.4 Å². The van der Waals surface area contributed by atoms with Crippen LogP contribution in [0.25, 0.3) is 0 Å². The van der Waals surface area contributed by atoms with Crippen LogP contribution >= 0.6 is 11.3 Å². The van der Waals surface area contributed by atoms with Gasteiger partial charge >= 0.3 is 0 Å². The topological polar surface area (TPSA) is 49.4 Å². The van der Waals surface area contributed by atoms with Crippen molar-refractivity contribution < 1.29 is 9.59 Å². The lowest BCUT2D eigenvalue weighted by atomic mass is 9.98. The third-order valence-electron chi connectivity index (χ3n) is 4.64. The van der Waals surface area contributed by atoms with E-state index < -0.39 is 0 Å². The fraction of sp³-hybridized carbons (Fsp3) is 0.667. The van der Waals surface area contributed by atoms with Crippen molar-refractivity contribution >= 4 is 23.0 Å². The molecule has 0 bridgehead atoms. The Hall–Kier alpha value is -1.20. The minimum atomic E-state index is 0.0567. The Labute approximate surface area is 143 Å². The lowest BCUT2D eigenvalue weighted by Gasteiger charge is -2.35. The number of likely N-dealkylation sites (tertiary alicyclic amines) is 1. The molecule has 1 aromatic heterocycles. The molecule has 5 heteroatoms. The summed E-state index contributed by atoms with van der Waals surface area (Å²) < 4.78 is 0. The van der Waals surface area contributed by atoms with Gasteiger partial charge in [0.1, 0.15) is 0 Å². The van der Waals surface area contributed by atoms with E-state index in [-0.39, 0.29) is 11.7 Å². The van der Waals surface area contributed by atoms with Crippen LogP contribution < -0.4 is 5.32 Å². The van der Waals surface area contributed by atoms with Gasteiger partial charge in [0, 0.05) is 25.4 Å². The van der Waals surface area contributed by atoms with Crippen molar-refractivity contribution in [1.29, 1.82) is 0 Å². The molecule has 128 valence electrons. The number of hydrogen-bond acceptors (Lipinski definition) is 4. The largest absolute Gasteiger partial charge is 0.355 e. The van der Waals surface area contributed by atoms with Gasteiger partial charge in [-0.3, -0.25) is 14.5 Å². The number of hydrogen-bond donors (Lipinski definition) is 1. The van der Waals surface area contributed by atoms with E-state index in [1.165, 1.54) is 24.2 Å². The van der Waals surface area contributed by atoms with Crippen LogP contribution in [-0.4, -0.2) is 42.3 Å². The molecule has 1 aliphatic rings. The maximum absolute atomic E-state index is 11.9. The van der Waals surface area contributed by atoms with E-state index in [2.05, 4.69) is 24.1 Å². The molecule has 1 aliphatic heterocycles. The fourth-order valence-electron chi connectivity index (χ4n) is 2.92. The summed E-state index contributed by atoms with van der Waals surface area (Å²) in [5.74, 6) is 1.03. The fourth-order valence-corrected chi connectivity index (χ4v) is 3.61. The van der Waals surface area contributed by atoms with Crippen LogP contribution in [0.3, 0.4) is 0 Å². The van der Waals surface area contributed by atoms with Gasteiger partial charge in [-0.25, -0.2) is 0 Å². The molecule has 2 heterocycles. The minimum absolute atomic E-state index is 0.0567. The molecule has 1 fully saturated rings. The summed E-state index contributed by atoms with van der Waals surface area (Å²) in [4.78, 5) is 27.0. The van der Waals surface area contributed by atoms with Crippen molar-refractivity contribution in [2.75, 3.05) is 19.6 Å². The quantitative estimate of drug-likeness (QED) is 0.741. The van der Waals surface area contributed by atoms with Crippen LogP contribution in [-0.2, 0) is 4.79 Å². The summed E-state index contributed by atoms with van der Waals surface area (Å²) in [6.45, 7) is 7.45. The summed E-state index contributed by atoms with van der Waals surface area (Å²) in [6, 6.07) is 4.11. The Morgan fingerprint density at radius 2 is 2.09 bits per heavy atom. The predicted molar refractivity (Wildman–Crippen MR) is 94.9 cm³/mol. The highest BCUT2D eigenvalue weighted by molar-refractivity contribution is 7.12. The molecule has 2 rings (SSSR count). The van der Waals surface area contributed by atoms with Gasteiger partial charge in [-0.05, 0) is 56.6 Å². The van der Waals surface area contributed by atoms with Crippen molar-refractivity contribution in [3.63, 3.8) is 0 Å². The van der Waals surface area contributed by atoms with Gasteiger partial charge in [0.2, 0.25) is 5.91 Å². The maximum atomic E-state index is 11.9. The lowest BCUT2D eigenvalue weighted by molar-refractivity contribution is -0.121. The van der Waals surface area contributed by atoms with Gasteiger partial charge < -0.3 is 5.32 Å². The van der Waals surface area contributed by atoms with Gasteiger partial charge in [-0.2, -0.15) is 0 Å². The van der Waals surface area contributed by atoms with E-state index in [1.807, 2.05) is 17.5 Å². The number of nitrogens with one attached hydrogen (secondary N) is 1. The molecule has 1 saturated heterocycles. The second kappa shape index (κ2) is 9.18. The third kappa shape index (κ3) is 6.07. The molecule has 0 saturated carbocycles. The molecule has 0 aliphatic carbocycles. The van der Waals surface area contributed by atoms with Crippen LogP contribution in [0.5, 0.6) is 0 Å². The Morgan fingerprint density at radius 3 is 2.74 bits per heavy atom. The summed E-state index contributed by atoms with van der Waals surface area (Å²) >= 11 is 1.46. The zero-order chi connectivity index (χ0) is 16.7. The molecule has 4 nitrogen and oxygen atoms in total. The number of nitrogens with zero attached hydrogens (tertiary/aromatic N) is 1. The first-order valence-electron chi connectivity index (χ1n) is 8.63. The smallest absolute Gasteiger partial charge is 0.220 e. The Balaban J connectivity index is 1.58. The number of carbonyl (C=O) groups excluding carboxylic acids is 2. The standard InChI is InChI=1S/C18H28N2O2S/c1-14-8-10-20(11-9-14)15(2)13-19-18(22)7-3-5-16(21)17-6-4-12-23-17/h4,6,12,14-15H,3,5,7-11,13H2,1-2H3,(H,19,22). The minimum Gasteiger partial charge on any atom is -0.355 e. The Kier molecular flexibility index (Phi) is 7.24. The number of piperidine rings is 1. The highest BCUT2D eigenvalue weighted by Gasteiger charge is 2.20. The van der Waals surface area contributed by atoms with Crippen molar-refractivity contribution in [1.82, 2.24) is 10.2 Å². The van der Waals surface area contributed by atoms with E-state index >= 15 is 0 Å². The van der Waals surface area contributed by atoms with Crippen molar-refractivity contribution in [2.45, 2.75) is 52.0 Å². The monoisotopic (exact) mass is 336 g/mol. The van der Waals surface area contributed by atoms with Gasteiger partial charge in [-0.1, -0.05) is 13.0 Å². The Bertz CT molecular complexity index is 493. The van der Waals surface area contributed by atoms with E-state index in [1.54, 1.807) is 0 Å². The number of rotatable bonds is 8. The first-order chi connectivity index (χ1) is 11.1. The van der Waals surface area contributed by atoms with Crippen LogP contribution in [0.15, 0.2) is 17.5 Å². The SMILES string of the molecule is CC1CCN(C(C)CNC(=O)CCCC(=O)c2cccs2)CC1. The number of ketones is 1. The van der Waals surface area contributed by atoms with Gasteiger partial charge in [-0.15, -0.1) is 11.3 Å². The Morgan fingerprint density at radius 1 is 1.35 bits per heavy atom. The van der Waals surface area contributed by atoms with E-state index in [4.69, 9.17) is 0 Å². The summed E-state index contributed by atoms with van der Waals surface area (Å²) in [6.07, 6.45) is 4.01. The maximum Gasteiger partial charge on any atom is 0.220 e. The molecule has 0 aromatic carbocycles. The molecule has 1 amide bonds.